The lowest BCUT2D eigenvalue weighted by molar-refractivity contribution is -0.119. The summed E-state index contributed by atoms with van der Waals surface area (Å²) in [6, 6.07) is 0.821. The highest BCUT2D eigenvalue weighted by molar-refractivity contribution is 5.75. The van der Waals surface area contributed by atoms with Gasteiger partial charge in [0.15, 0.2) is 0 Å². The highest BCUT2D eigenvalue weighted by atomic mass is 16.6. The molecule has 3 N–H and O–H groups in total. The Balaban J connectivity index is 1.82. The first kappa shape index (κ1) is 20.0. The molecule has 2 fully saturated rings. The van der Waals surface area contributed by atoms with E-state index >= 15 is 0 Å². The lowest BCUT2D eigenvalue weighted by Gasteiger charge is -2.37. The third-order valence-electron chi connectivity index (χ3n) is 4.97. The first-order chi connectivity index (χ1) is 11.7. The number of carbonyl (C=O) groups is 2. The molecule has 2 amide bonds. The van der Waals surface area contributed by atoms with Crippen LogP contribution in [0.15, 0.2) is 0 Å². The summed E-state index contributed by atoms with van der Waals surface area (Å²) in [5.41, 5.74) is 4.80. The Morgan fingerprint density at radius 3 is 2.40 bits per heavy atom. The number of carbonyl (C=O) groups excluding carboxylic acids is 2. The van der Waals surface area contributed by atoms with Gasteiger partial charge < -0.3 is 20.7 Å². The van der Waals surface area contributed by atoms with Gasteiger partial charge in [-0.05, 0) is 53.4 Å². The Morgan fingerprint density at radius 1 is 1.20 bits per heavy atom. The number of hydrogen-bond acceptors (Lipinski definition) is 5. The van der Waals surface area contributed by atoms with Crippen LogP contribution in [0.2, 0.25) is 0 Å². The minimum absolute atomic E-state index is 0.179. The number of hydrogen-bond donors (Lipinski definition) is 2. The maximum atomic E-state index is 12.4. The van der Waals surface area contributed by atoms with E-state index in [0.717, 1.165) is 45.3 Å². The number of nitrogens with one attached hydrogen (secondary N) is 1. The van der Waals surface area contributed by atoms with Gasteiger partial charge in [-0.2, -0.15) is 0 Å². The fraction of sp³-hybridized carbons (Fsp3) is 0.889. The van der Waals surface area contributed by atoms with Crippen molar-refractivity contribution in [1.29, 1.82) is 0 Å². The largest absolute Gasteiger partial charge is 0.444 e. The molecule has 144 valence electrons. The van der Waals surface area contributed by atoms with Gasteiger partial charge in [0, 0.05) is 31.7 Å². The van der Waals surface area contributed by atoms with Gasteiger partial charge in [-0.1, -0.05) is 0 Å². The van der Waals surface area contributed by atoms with Crippen LogP contribution in [0.4, 0.5) is 4.79 Å². The lowest BCUT2D eigenvalue weighted by Crippen LogP contribution is -2.53. The normalized spacial score (nSPS) is 24.3. The molecular formula is C18H34N4O3. The van der Waals surface area contributed by atoms with Crippen molar-refractivity contribution in [2.45, 2.75) is 77.1 Å². The zero-order chi connectivity index (χ0) is 18.6. The van der Waals surface area contributed by atoms with Crippen LogP contribution in [0.3, 0.4) is 0 Å². The van der Waals surface area contributed by atoms with Gasteiger partial charge in [0.25, 0.3) is 0 Å². The molecule has 25 heavy (non-hydrogen) atoms. The SMILES string of the molecule is C[C@@H](NC1CCN(CC(N)=O)CC1)[C@@H]1CCCN1C(=O)OC(C)(C)C. The molecular weight excluding hydrogens is 320 g/mol. The molecule has 0 radical (unpaired) electrons. The Bertz CT molecular complexity index is 469. The fourth-order valence-corrected chi connectivity index (χ4v) is 3.82. The first-order valence-corrected chi connectivity index (χ1v) is 9.42. The molecule has 0 unspecified atom stereocenters. The van der Waals surface area contributed by atoms with Gasteiger partial charge >= 0.3 is 6.09 Å². The highest BCUT2D eigenvalue weighted by Gasteiger charge is 2.36. The molecule has 2 aliphatic heterocycles. The predicted octanol–water partition coefficient (Wildman–Crippen LogP) is 1.31. The van der Waals surface area contributed by atoms with Crippen molar-refractivity contribution in [3.8, 4) is 0 Å². The van der Waals surface area contributed by atoms with E-state index in [1.165, 1.54) is 0 Å². The van der Waals surface area contributed by atoms with Gasteiger partial charge in [0.05, 0.1) is 12.6 Å². The second kappa shape index (κ2) is 8.36. The van der Waals surface area contributed by atoms with E-state index in [1.807, 2.05) is 25.7 Å². The summed E-state index contributed by atoms with van der Waals surface area (Å²) in [5, 5.41) is 3.69. The number of amides is 2. The Morgan fingerprint density at radius 2 is 1.84 bits per heavy atom. The number of nitrogens with two attached hydrogens (primary N) is 1. The number of piperidine rings is 1. The van der Waals surface area contributed by atoms with Gasteiger partial charge in [-0.25, -0.2) is 4.79 Å². The maximum Gasteiger partial charge on any atom is 0.410 e. The van der Waals surface area contributed by atoms with Crippen LogP contribution in [0.25, 0.3) is 0 Å². The lowest BCUT2D eigenvalue weighted by atomic mass is 10.0. The molecule has 0 bridgehead atoms. The van der Waals surface area contributed by atoms with Crippen molar-refractivity contribution in [1.82, 2.24) is 15.1 Å². The fourth-order valence-electron chi connectivity index (χ4n) is 3.82. The van der Waals surface area contributed by atoms with Gasteiger partial charge in [-0.15, -0.1) is 0 Å². The summed E-state index contributed by atoms with van der Waals surface area (Å²) >= 11 is 0. The third-order valence-corrected chi connectivity index (χ3v) is 4.97. The van der Waals surface area contributed by atoms with E-state index in [2.05, 4.69) is 17.1 Å². The smallest absolute Gasteiger partial charge is 0.410 e. The molecule has 2 rings (SSSR count). The number of ether oxygens (including phenoxy) is 1. The molecule has 2 atom stereocenters. The predicted molar refractivity (Wildman–Crippen MR) is 97.2 cm³/mol. The van der Waals surface area contributed by atoms with E-state index in [4.69, 9.17) is 10.5 Å². The zero-order valence-corrected chi connectivity index (χ0v) is 16.1. The molecule has 2 heterocycles. The molecule has 0 aromatic rings. The molecule has 0 aromatic heterocycles. The third kappa shape index (κ3) is 6.15. The maximum absolute atomic E-state index is 12.4. The first-order valence-electron chi connectivity index (χ1n) is 9.42. The van der Waals surface area contributed by atoms with Gasteiger partial charge in [-0.3, -0.25) is 9.69 Å². The molecule has 7 heteroatoms. The standard InChI is InChI=1S/C18H34N4O3/c1-13(20-14-7-10-21(11-8-14)12-16(19)23)15-6-5-9-22(15)17(24)25-18(2,3)4/h13-15,20H,5-12H2,1-4H3,(H2,19,23)/t13-,15+/m1/s1. The Labute approximate surface area is 151 Å². The van der Waals surface area contributed by atoms with Crippen LogP contribution in [-0.4, -0.2) is 71.7 Å². The zero-order valence-electron chi connectivity index (χ0n) is 16.1. The minimum atomic E-state index is -0.464. The highest BCUT2D eigenvalue weighted by Crippen LogP contribution is 2.24. The van der Waals surface area contributed by atoms with Crippen LogP contribution >= 0.6 is 0 Å². The van der Waals surface area contributed by atoms with E-state index in [1.54, 1.807) is 0 Å². The summed E-state index contributed by atoms with van der Waals surface area (Å²) in [7, 11) is 0. The molecule has 0 spiro atoms. The summed E-state index contributed by atoms with van der Waals surface area (Å²) in [6.45, 7) is 10.7. The van der Waals surface area contributed by atoms with Crippen molar-refractivity contribution in [2.24, 2.45) is 5.73 Å². The van der Waals surface area contributed by atoms with Crippen molar-refractivity contribution < 1.29 is 14.3 Å². The van der Waals surface area contributed by atoms with Crippen LogP contribution in [0.5, 0.6) is 0 Å². The van der Waals surface area contributed by atoms with Crippen molar-refractivity contribution in [2.75, 3.05) is 26.2 Å². The second-order valence-corrected chi connectivity index (χ2v) is 8.36. The van der Waals surface area contributed by atoms with Gasteiger partial charge in [0.2, 0.25) is 5.91 Å². The van der Waals surface area contributed by atoms with Crippen LogP contribution < -0.4 is 11.1 Å². The molecule has 0 aliphatic carbocycles. The average Bonchev–Trinajstić information content (AvgIpc) is 2.96. The molecule has 7 nitrogen and oxygen atoms in total. The molecule has 2 aliphatic rings. The number of likely N-dealkylation sites (tertiary alicyclic amines) is 2. The van der Waals surface area contributed by atoms with E-state index in [9.17, 15) is 9.59 Å². The summed E-state index contributed by atoms with van der Waals surface area (Å²) in [4.78, 5) is 27.4. The topological polar surface area (TPSA) is 87.9 Å². The quantitative estimate of drug-likeness (QED) is 0.777. The number of nitrogens with zero attached hydrogens (tertiary/aromatic N) is 2. The minimum Gasteiger partial charge on any atom is -0.444 e. The Hall–Kier alpha value is -1.34. The van der Waals surface area contributed by atoms with E-state index < -0.39 is 5.60 Å². The van der Waals surface area contributed by atoms with E-state index in [-0.39, 0.29) is 24.1 Å². The van der Waals surface area contributed by atoms with Crippen molar-refractivity contribution in [3.05, 3.63) is 0 Å². The van der Waals surface area contributed by atoms with E-state index in [0.29, 0.717) is 12.6 Å². The molecule has 0 saturated carbocycles. The van der Waals surface area contributed by atoms with Crippen LogP contribution in [-0.2, 0) is 9.53 Å². The van der Waals surface area contributed by atoms with Gasteiger partial charge in [0.1, 0.15) is 5.60 Å². The summed E-state index contributed by atoms with van der Waals surface area (Å²) < 4.78 is 5.55. The number of rotatable bonds is 5. The molecule has 0 aromatic carbocycles. The van der Waals surface area contributed by atoms with Crippen LogP contribution in [0.1, 0.15) is 53.4 Å². The number of primary amides is 1. The molecule has 2 saturated heterocycles. The van der Waals surface area contributed by atoms with Crippen molar-refractivity contribution in [3.63, 3.8) is 0 Å². The van der Waals surface area contributed by atoms with Crippen molar-refractivity contribution >= 4 is 12.0 Å². The average molecular weight is 354 g/mol. The monoisotopic (exact) mass is 354 g/mol. The second-order valence-electron chi connectivity index (χ2n) is 8.36. The summed E-state index contributed by atoms with van der Waals surface area (Å²) in [5.74, 6) is -0.265. The Kier molecular flexibility index (Phi) is 6.68. The summed E-state index contributed by atoms with van der Waals surface area (Å²) in [6.07, 6.45) is 3.81. The van der Waals surface area contributed by atoms with Crippen LogP contribution in [0, 0.1) is 0 Å².